The summed E-state index contributed by atoms with van der Waals surface area (Å²) in [6.07, 6.45) is -0.544. The monoisotopic (exact) mass is 519 g/mol. The van der Waals surface area contributed by atoms with Gasteiger partial charge in [0.2, 0.25) is 0 Å². The summed E-state index contributed by atoms with van der Waals surface area (Å²) in [4.78, 5) is 13.6. The first kappa shape index (κ1) is 24.6. The van der Waals surface area contributed by atoms with Crippen molar-refractivity contribution in [2.75, 3.05) is 6.61 Å². The first-order valence-corrected chi connectivity index (χ1v) is 12.7. The largest absolute Gasteiger partial charge is 0.492 e. The van der Waals surface area contributed by atoms with Gasteiger partial charge in [-0.2, -0.15) is 0 Å². The quantitative estimate of drug-likeness (QED) is 0.291. The van der Waals surface area contributed by atoms with Gasteiger partial charge in [0, 0.05) is 32.0 Å². The lowest BCUT2D eigenvalue weighted by molar-refractivity contribution is 0.0834. The minimum atomic E-state index is -0.969. The zero-order valence-corrected chi connectivity index (χ0v) is 21.6. The van der Waals surface area contributed by atoms with Crippen LogP contribution in [0.25, 0.3) is 10.8 Å². The normalized spacial score (nSPS) is 15.7. The van der Waals surface area contributed by atoms with E-state index in [1.165, 1.54) is 0 Å². The van der Waals surface area contributed by atoms with Crippen LogP contribution < -0.4 is 10.1 Å². The summed E-state index contributed by atoms with van der Waals surface area (Å²) in [7, 11) is 0. The standard InChI is InChI=1S/C30H27Cl2NO3/c1-30(2)17-36-27-13-12-18(14-24(27)30)15-26(28(34)19-6-3-7-20(31)16-19)33-29(35)23-10-4-9-22-21(23)8-5-11-25(22)32/h3-14,16,26,28,34H,15,17H2,1-2H3,(H,33,35). The highest BCUT2D eigenvalue weighted by Gasteiger charge is 2.32. The number of benzene rings is 4. The molecule has 4 aromatic rings. The third-order valence-electron chi connectivity index (χ3n) is 6.82. The number of hydrogen-bond acceptors (Lipinski definition) is 3. The fourth-order valence-corrected chi connectivity index (χ4v) is 5.27. The van der Waals surface area contributed by atoms with Crippen molar-refractivity contribution < 1.29 is 14.6 Å². The molecule has 0 aromatic heterocycles. The number of nitrogens with one attached hydrogen (secondary N) is 1. The summed E-state index contributed by atoms with van der Waals surface area (Å²) in [5.41, 5.74) is 3.17. The number of hydrogen-bond donors (Lipinski definition) is 2. The van der Waals surface area contributed by atoms with Gasteiger partial charge >= 0.3 is 0 Å². The van der Waals surface area contributed by atoms with Crippen molar-refractivity contribution in [2.45, 2.75) is 37.8 Å². The number of rotatable bonds is 6. The van der Waals surface area contributed by atoms with Crippen LogP contribution in [0.5, 0.6) is 5.75 Å². The van der Waals surface area contributed by atoms with E-state index < -0.39 is 12.1 Å². The second-order valence-corrected chi connectivity index (χ2v) is 10.8. The minimum Gasteiger partial charge on any atom is -0.492 e. The van der Waals surface area contributed by atoms with E-state index >= 15 is 0 Å². The Bertz CT molecular complexity index is 1450. The fraction of sp³-hybridized carbons (Fsp3) is 0.233. The topological polar surface area (TPSA) is 58.6 Å². The highest BCUT2D eigenvalue weighted by molar-refractivity contribution is 6.36. The Labute approximate surface area is 220 Å². The number of carbonyl (C=O) groups excluding carboxylic acids is 1. The van der Waals surface area contributed by atoms with Gasteiger partial charge in [-0.3, -0.25) is 4.79 Å². The van der Waals surface area contributed by atoms with Gasteiger partial charge < -0.3 is 15.2 Å². The van der Waals surface area contributed by atoms with Gasteiger partial charge in [0.15, 0.2) is 0 Å². The third-order valence-corrected chi connectivity index (χ3v) is 7.38. The summed E-state index contributed by atoms with van der Waals surface area (Å²) in [6, 6.07) is 23.5. The van der Waals surface area contributed by atoms with Crippen molar-refractivity contribution in [1.29, 1.82) is 0 Å². The average Bonchev–Trinajstić information content (AvgIpc) is 3.17. The molecule has 0 spiro atoms. The first-order chi connectivity index (χ1) is 17.2. The molecule has 0 bridgehead atoms. The summed E-state index contributed by atoms with van der Waals surface area (Å²) in [5.74, 6) is 0.603. The maximum atomic E-state index is 13.6. The molecular formula is C30H27Cl2NO3. The van der Waals surface area contributed by atoms with Crippen LogP contribution in [0.4, 0.5) is 0 Å². The number of ether oxygens (including phenoxy) is 1. The zero-order valence-electron chi connectivity index (χ0n) is 20.1. The predicted molar refractivity (Wildman–Crippen MR) is 145 cm³/mol. The van der Waals surface area contributed by atoms with Crippen molar-refractivity contribution in [3.05, 3.63) is 111 Å². The summed E-state index contributed by atoms with van der Waals surface area (Å²) in [5, 5.41) is 17.2. The molecule has 1 amide bonds. The molecule has 2 unspecified atom stereocenters. The maximum absolute atomic E-state index is 13.6. The molecule has 36 heavy (non-hydrogen) atoms. The van der Waals surface area contributed by atoms with Crippen LogP contribution in [-0.4, -0.2) is 23.7 Å². The third kappa shape index (κ3) is 4.81. The molecule has 0 radical (unpaired) electrons. The van der Waals surface area contributed by atoms with Crippen molar-refractivity contribution >= 4 is 39.9 Å². The van der Waals surface area contributed by atoms with E-state index in [-0.39, 0.29) is 11.3 Å². The first-order valence-electron chi connectivity index (χ1n) is 11.9. The molecule has 0 saturated carbocycles. The van der Waals surface area contributed by atoms with Crippen molar-refractivity contribution in [1.82, 2.24) is 5.32 Å². The number of aliphatic hydroxyl groups is 1. The lowest BCUT2D eigenvalue weighted by atomic mass is 9.85. The predicted octanol–water partition coefficient (Wildman–Crippen LogP) is 6.89. The van der Waals surface area contributed by atoms with Gasteiger partial charge in [-0.1, -0.05) is 85.6 Å². The molecule has 2 N–H and O–H groups in total. The SMILES string of the molecule is CC1(C)COc2ccc(CC(NC(=O)c3cccc4c(Cl)cccc34)C(O)c3cccc(Cl)c3)cc21. The van der Waals surface area contributed by atoms with Crippen molar-refractivity contribution in [3.63, 3.8) is 0 Å². The van der Waals surface area contributed by atoms with Crippen molar-refractivity contribution in [2.24, 2.45) is 0 Å². The molecule has 2 atom stereocenters. The lowest BCUT2D eigenvalue weighted by Gasteiger charge is -2.26. The summed E-state index contributed by atoms with van der Waals surface area (Å²) < 4.78 is 5.83. The number of carbonyl (C=O) groups is 1. The molecule has 0 aliphatic carbocycles. The lowest BCUT2D eigenvalue weighted by Crippen LogP contribution is -2.41. The van der Waals surface area contributed by atoms with E-state index in [1.807, 2.05) is 42.5 Å². The number of halogens is 2. The average molecular weight is 520 g/mol. The molecule has 1 heterocycles. The highest BCUT2D eigenvalue weighted by Crippen LogP contribution is 2.39. The molecule has 0 saturated heterocycles. The van der Waals surface area contributed by atoms with Gasteiger partial charge in [-0.05, 0) is 53.3 Å². The zero-order chi connectivity index (χ0) is 25.4. The number of fused-ring (bicyclic) bond motifs is 2. The van der Waals surface area contributed by atoms with Gasteiger partial charge in [0.25, 0.3) is 5.91 Å². The molecule has 184 valence electrons. The van der Waals surface area contributed by atoms with E-state index in [4.69, 9.17) is 27.9 Å². The molecule has 1 aliphatic rings. The van der Waals surface area contributed by atoms with Crippen molar-refractivity contribution in [3.8, 4) is 5.75 Å². The second-order valence-electron chi connectivity index (χ2n) is 9.93. The Kier molecular flexibility index (Phi) is 6.69. The minimum absolute atomic E-state index is 0.0993. The van der Waals surface area contributed by atoms with Crippen LogP contribution in [0.15, 0.2) is 78.9 Å². The van der Waals surface area contributed by atoms with Crippen LogP contribution >= 0.6 is 23.2 Å². The molecule has 4 aromatic carbocycles. The molecule has 5 rings (SSSR count). The fourth-order valence-electron chi connectivity index (χ4n) is 4.83. The Balaban J connectivity index is 1.49. The van der Waals surface area contributed by atoms with Crippen LogP contribution in [0.3, 0.4) is 0 Å². The second kappa shape index (κ2) is 9.78. The van der Waals surface area contributed by atoms with Crippen LogP contribution in [0.2, 0.25) is 10.0 Å². The molecule has 0 fully saturated rings. The number of amides is 1. The Morgan fingerprint density at radius 3 is 2.56 bits per heavy atom. The highest BCUT2D eigenvalue weighted by atomic mass is 35.5. The van der Waals surface area contributed by atoms with E-state index in [2.05, 4.69) is 25.2 Å². The van der Waals surface area contributed by atoms with Crippen LogP contribution in [0, 0.1) is 0 Å². The smallest absolute Gasteiger partial charge is 0.252 e. The molecular weight excluding hydrogens is 493 g/mol. The van der Waals surface area contributed by atoms with E-state index in [0.29, 0.717) is 34.2 Å². The van der Waals surface area contributed by atoms with Gasteiger partial charge in [0.05, 0.1) is 18.8 Å². The number of aliphatic hydroxyl groups excluding tert-OH is 1. The molecule has 1 aliphatic heterocycles. The van der Waals surface area contributed by atoms with E-state index in [9.17, 15) is 9.90 Å². The molecule has 6 heteroatoms. The Hall–Kier alpha value is -3.05. The summed E-state index contributed by atoms with van der Waals surface area (Å²) >= 11 is 12.6. The van der Waals surface area contributed by atoms with Gasteiger partial charge in [0.1, 0.15) is 5.75 Å². The Morgan fingerprint density at radius 1 is 1.00 bits per heavy atom. The maximum Gasteiger partial charge on any atom is 0.252 e. The van der Waals surface area contributed by atoms with Crippen LogP contribution in [-0.2, 0) is 11.8 Å². The molecule has 4 nitrogen and oxygen atoms in total. The van der Waals surface area contributed by atoms with Crippen LogP contribution in [0.1, 0.15) is 47.0 Å². The van der Waals surface area contributed by atoms with Gasteiger partial charge in [-0.25, -0.2) is 0 Å². The van der Waals surface area contributed by atoms with E-state index in [0.717, 1.165) is 27.6 Å². The Morgan fingerprint density at radius 2 is 1.75 bits per heavy atom. The van der Waals surface area contributed by atoms with E-state index in [1.54, 1.807) is 30.3 Å². The summed E-state index contributed by atoms with van der Waals surface area (Å²) in [6.45, 7) is 4.92. The van der Waals surface area contributed by atoms with Gasteiger partial charge in [-0.15, -0.1) is 0 Å².